The minimum atomic E-state index is -0.828. The van der Waals surface area contributed by atoms with Gasteiger partial charge in [0.25, 0.3) is 0 Å². The van der Waals surface area contributed by atoms with E-state index in [1.165, 1.54) is 0 Å². The molecule has 2 atom stereocenters. The molecule has 0 radical (unpaired) electrons. The molecular weight excluding hydrogens is 282 g/mol. The van der Waals surface area contributed by atoms with E-state index in [4.69, 9.17) is 4.74 Å². The molecule has 0 spiro atoms. The number of hydrogen-bond donors (Lipinski definition) is 1. The Morgan fingerprint density at radius 3 is 2.50 bits per heavy atom. The predicted molar refractivity (Wildman–Crippen MR) is 83.0 cm³/mol. The quantitative estimate of drug-likeness (QED) is 0.907. The van der Waals surface area contributed by atoms with Gasteiger partial charge < -0.3 is 14.7 Å². The van der Waals surface area contributed by atoms with Crippen molar-refractivity contribution in [3.05, 3.63) is 29.8 Å². The lowest BCUT2D eigenvalue weighted by atomic mass is 9.90. The number of carbonyl (C=O) groups is 2. The first-order valence-electron chi connectivity index (χ1n) is 7.51. The van der Waals surface area contributed by atoms with Crippen LogP contribution in [0.1, 0.15) is 38.2 Å². The second-order valence-corrected chi connectivity index (χ2v) is 6.31. The standard InChI is InChI=1S/C17H23NO4/c1-12(13-4-6-14(22-3)7-5-13)10-15(19)18-9-8-17(2,11-18)16(20)21/h4-7,12H,8-11H2,1-3H3,(H,20,21). The van der Waals surface area contributed by atoms with Gasteiger partial charge in [0.2, 0.25) is 5.91 Å². The molecule has 2 unspecified atom stereocenters. The summed E-state index contributed by atoms with van der Waals surface area (Å²) in [5, 5.41) is 9.23. The fourth-order valence-electron chi connectivity index (χ4n) is 2.79. The highest BCUT2D eigenvalue weighted by atomic mass is 16.5. The van der Waals surface area contributed by atoms with E-state index in [1.807, 2.05) is 31.2 Å². The Kier molecular flexibility index (Phi) is 4.74. The van der Waals surface area contributed by atoms with Gasteiger partial charge >= 0.3 is 5.97 Å². The van der Waals surface area contributed by atoms with Gasteiger partial charge in [0.15, 0.2) is 0 Å². The molecule has 0 bridgehead atoms. The van der Waals surface area contributed by atoms with Gasteiger partial charge in [0.05, 0.1) is 12.5 Å². The molecule has 1 N–H and O–H groups in total. The van der Waals surface area contributed by atoms with E-state index in [0.29, 0.717) is 25.9 Å². The van der Waals surface area contributed by atoms with Gasteiger partial charge in [-0.3, -0.25) is 9.59 Å². The van der Waals surface area contributed by atoms with Gasteiger partial charge in [-0.05, 0) is 37.0 Å². The van der Waals surface area contributed by atoms with Crippen molar-refractivity contribution in [2.24, 2.45) is 5.41 Å². The van der Waals surface area contributed by atoms with Crippen LogP contribution in [0.5, 0.6) is 5.75 Å². The number of carboxylic acids is 1. The van der Waals surface area contributed by atoms with Crippen molar-refractivity contribution in [3.8, 4) is 5.75 Å². The van der Waals surface area contributed by atoms with Gasteiger partial charge in [0.1, 0.15) is 5.75 Å². The first-order valence-corrected chi connectivity index (χ1v) is 7.51. The Labute approximate surface area is 130 Å². The number of methoxy groups -OCH3 is 1. The van der Waals surface area contributed by atoms with E-state index in [9.17, 15) is 14.7 Å². The van der Waals surface area contributed by atoms with Crippen LogP contribution < -0.4 is 4.74 Å². The normalized spacial score (nSPS) is 22.4. The number of likely N-dealkylation sites (tertiary alicyclic amines) is 1. The lowest BCUT2D eigenvalue weighted by Crippen LogP contribution is -2.35. The monoisotopic (exact) mass is 305 g/mol. The third kappa shape index (κ3) is 3.40. The molecular formula is C17H23NO4. The summed E-state index contributed by atoms with van der Waals surface area (Å²) in [4.78, 5) is 25.3. The number of rotatable bonds is 5. The van der Waals surface area contributed by atoms with Gasteiger partial charge in [0, 0.05) is 19.5 Å². The number of carboxylic acid groups (broad SMARTS) is 1. The predicted octanol–water partition coefficient (Wildman–Crippen LogP) is 2.51. The molecule has 0 saturated carbocycles. The van der Waals surface area contributed by atoms with Crippen LogP contribution in [0.3, 0.4) is 0 Å². The summed E-state index contributed by atoms with van der Waals surface area (Å²) in [5.41, 5.74) is 0.272. The summed E-state index contributed by atoms with van der Waals surface area (Å²) in [7, 11) is 1.62. The minimum Gasteiger partial charge on any atom is -0.497 e. The molecule has 1 fully saturated rings. The number of carbonyl (C=O) groups excluding carboxylic acids is 1. The van der Waals surface area contributed by atoms with Crippen molar-refractivity contribution in [3.63, 3.8) is 0 Å². The molecule has 1 aromatic rings. The Morgan fingerprint density at radius 1 is 1.36 bits per heavy atom. The Balaban J connectivity index is 1.95. The summed E-state index contributed by atoms with van der Waals surface area (Å²) in [6.07, 6.45) is 0.910. The molecule has 0 aliphatic carbocycles. The zero-order valence-corrected chi connectivity index (χ0v) is 13.3. The Morgan fingerprint density at radius 2 is 2.00 bits per heavy atom. The maximum atomic E-state index is 12.4. The van der Waals surface area contributed by atoms with Crippen molar-refractivity contribution < 1.29 is 19.4 Å². The van der Waals surface area contributed by atoms with Gasteiger partial charge in [-0.2, -0.15) is 0 Å². The number of hydrogen-bond acceptors (Lipinski definition) is 3. The molecule has 1 aliphatic heterocycles. The van der Waals surface area contributed by atoms with E-state index < -0.39 is 11.4 Å². The molecule has 1 saturated heterocycles. The van der Waals surface area contributed by atoms with Gasteiger partial charge in [-0.25, -0.2) is 0 Å². The van der Waals surface area contributed by atoms with Crippen molar-refractivity contribution >= 4 is 11.9 Å². The maximum Gasteiger partial charge on any atom is 0.311 e. The van der Waals surface area contributed by atoms with Crippen molar-refractivity contribution in [2.45, 2.75) is 32.6 Å². The molecule has 1 amide bonds. The number of ether oxygens (including phenoxy) is 1. The fraction of sp³-hybridized carbons (Fsp3) is 0.529. The minimum absolute atomic E-state index is 0.0216. The van der Waals surface area contributed by atoms with Crippen LogP contribution in [0.2, 0.25) is 0 Å². The molecule has 1 heterocycles. The zero-order valence-electron chi connectivity index (χ0n) is 13.3. The third-order valence-corrected chi connectivity index (χ3v) is 4.51. The zero-order chi connectivity index (χ0) is 16.3. The SMILES string of the molecule is COc1ccc(C(C)CC(=O)N2CCC(C)(C(=O)O)C2)cc1. The fourth-order valence-corrected chi connectivity index (χ4v) is 2.79. The highest BCUT2D eigenvalue weighted by molar-refractivity contribution is 5.81. The number of benzene rings is 1. The molecule has 0 aromatic heterocycles. The Bertz CT molecular complexity index is 554. The highest BCUT2D eigenvalue weighted by Gasteiger charge is 2.42. The second-order valence-electron chi connectivity index (χ2n) is 6.31. The van der Waals surface area contributed by atoms with Crippen LogP contribution in [0, 0.1) is 5.41 Å². The van der Waals surface area contributed by atoms with Crippen LogP contribution >= 0.6 is 0 Å². The van der Waals surface area contributed by atoms with E-state index in [0.717, 1.165) is 11.3 Å². The molecule has 120 valence electrons. The average molecular weight is 305 g/mol. The molecule has 1 aromatic carbocycles. The summed E-state index contributed by atoms with van der Waals surface area (Å²) >= 11 is 0. The van der Waals surface area contributed by atoms with Crippen molar-refractivity contribution in [1.82, 2.24) is 4.90 Å². The lowest BCUT2D eigenvalue weighted by molar-refractivity contribution is -0.147. The van der Waals surface area contributed by atoms with Crippen LogP contribution in [-0.2, 0) is 9.59 Å². The van der Waals surface area contributed by atoms with E-state index in [1.54, 1.807) is 18.9 Å². The van der Waals surface area contributed by atoms with E-state index in [2.05, 4.69) is 0 Å². The van der Waals surface area contributed by atoms with Crippen molar-refractivity contribution in [1.29, 1.82) is 0 Å². The summed E-state index contributed by atoms with van der Waals surface area (Å²) < 4.78 is 5.13. The maximum absolute atomic E-state index is 12.4. The highest BCUT2D eigenvalue weighted by Crippen LogP contribution is 2.31. The number of aliphatic carboxylic acids is 1. The largest absolute Gasteiger partial charge is 0.497 e. The molecule has 1 aliphatic rings. The first kappa shape index (κ1) is 16.3. The smallest absolute Gasteiger partial charge is 0.311 e. The first-order chi connectivity index (χ1) is 10.4. The molecule has 2 rings (SSSR count). The van der Waals surface area contributed by atoms with Gasteiger partial charge in [-0.1, -0.05) is 19.1 Å². The topological polar surface area (TPSA) is 66.8 Å². The Hall–Kier alpha value is -2.04. The average Bonchev–Trinajstić information content (AvgIpc) is 2.91. The summed E-state index contributed by atoms with van der Waals surface area (Å²) in [6.45, 7) is 4.54. The molecule has 5 nitrogen and oxygen atoms in total. The van der Waals surface area contributed by atoms with E-state index in [-0.39, 0.29) is 11.8 Å². The summed E-state index contributed by atoms with van der Waals surface area (Å²) in [6, 6.07) is 7.69. The van der Waals surface area contributed by atoms with Crippen LogP contribution in [0.4, 0.5) is 0 Å². The number of nitrogens with zero attached hydrogens (tertiary/aromatic N) is 1. The molecule has 5 heteroatoms. The van der Waals surface area contributed by atoms with Crippen molar-refractivity contribution in [2.75, 3.05) is 20.2 Å². The number of amides is 1. The second kappa shape index (κ2) is 6.38. The lowest BCUT2D eigenvalue weighted by Gasteiger charge is -2.22. The van der Waals surface area contributed by atoms with Crippen LogP contribution in [-0.4, -0.2) is 42.1 Å². The summed E-state index contributed by atoms with van der Waals surface area (Å²) in [5.74, 6) is 0.0773. The molecule has 22 heavy (non-hydrogen) atoms. The van der Waals surface area contributed by atoms with Gasteiger partial charge in [-0.15, -0.1) is 0 Å². The third-order valence-electron chi connectivity index (χ3n) is 4.51. The van der Waals surface area contributed by atoms with Crippen LogP contribution in [0.15, 0.2) is 24.3 Å². The van der Waals surface area contributed by atoms with E-state index >= 15 is 0 Å². The van der Waals surface area contributed by atoms with Crippen LogP contribution in [0.25, 0.3) is 0 Å².